The van der Waals surface area contributed by atoms with Crippen LogP contribution in [-0.2, 0) is 11.3 Å². The van der Waals surface area contributed by atoms with Crippen LogP contribution >= 0.6 is 11.6 Å². The summed E-state index contributed by atoms with van der Waals surface area (Å²) in [5.74, 6) is 2.39. The van der Waals surface area contributed by atoms with Crippen LogP contribution in [0.4, 0.5) is 0 Å². The smallest absolute Gasteiger partial charge is 0.226 e. The normalized spacial score (nSPS) is 42.9. The molecule has 2 aromatic rings. The van der Waals surface area contributed by atoms with Crippen molar-refractivity contribution in [1.29, 1.82) is 0 Å². The molecule has 5 nitrogen and oxygen atoms in total. The number of aliphatic hydroxyl groups excluding tert-OH is 1. The predicted octanol–water partition coefficient (Wildman–Crippen LogP) is 9.77. The van der Waals surface area contributed by atoms with Crippen LogP contribution < -0.4 is 5.32 Å². The Kier molecular flexibility index (Phi) is 7.54. The van der Waals surface area contributed by atoms with Crippen LogP contribution in [0.25, 0.3) is 11.3 Å². The highest BCUT2D eigenvalue weighted by Gasteiger charge is 2.68. The Hall–Kier alpha value is -2.11. The molecule has 0 bridgehead atoms. The predicted molar refractivity (Wildman–Crippen MR) is 184 cm³/mol. The largest absolute Gasteiger partial charge is 0.393 e. The third-order valence-corrected chi connectivity index (χ3v) is 15.7. The highest BCUT2D eigenvalue weighted by atomic mass is 35.5. The van der Waals surface area contributed by atoms with Crippen LogP contribution in [0.2, 0.25) is 5.02 Å². The molecular formula is C40H55ClN2O3. The Bertz CT molecular complexity index is 1550. The van der Waals surface area contributed by atoms with Gasteiger partial charge in [0.1, 0.15) is 5.69 Å². The zero-order valence-electron chi connectivity index (χ0n) is 29.1. The molecule has 9 atom stereocenters. The van der Waals surface area contributed by atoms with Crippen LogP contribution in [0.5, 0.6) is 0 Å². The number of amides is 1. The molecule has 5 aliphatic rings. The van der Waals surface area contributed by atoms with Crippen molar-refractivity contribution in [1.82, 2.24) is 10.5 Å². The van der Waals surface area contributed by atoms with Gasteiger partial charge in [-0.1, -0.05) is 89.0 Å². The van der Waals surface area contributed by atoms with Gasteiger partial charge in [-0.15, -0.1) is 0 Å². The second-order valence-electron chi connectivity index (χ2n) is 18.0. The van der Waals surface area contributed by atoms with Gasteiger partial charge in [-0.3, -0.25) is 4.79 Å². The Morgan fingerprint density at radius 1 is 0.957 bits per heavy atom. The number of hydrogen-bond acceptors (Lipinski definition) is 4. The summed E-state index contributed by atoms with van der Waals surface area (Å²) in [7, 11) is 0. The summed E-state index contributed by atoms with van der Waals surface area (Å²) in [6.45, 7) is 17.5. The molecule has 250 valence electrons. The first-order chi connectivity index (χ1) is 21.6. The van der Waals surface area contributed by atoms with E-state index < -0.39 is 5.41 Å². The minimum Gasteiger partial charge on any atom is -0.393 e. The van der Waals surface area contributed by atoms with Crippen LogP contribution in [0.15, 0.2) is 46.5 Å². The maximum atomic E-state index is 14.0. The van der Waals surface area contributed by atoms with E-state index >= 15 is 0 Å². The van der Waals surface area contributed by atoms with Gasteiger partial charge in [0.25, 0.3) is 0 Å². The van der Waals surface area contributed by atoms with Gasteiger partial charge in [-0.05, 0) is 121 Å². The van der Waals surface area contributed by atoms with E-state index in [1.807, 2.05) is 30.3 Å². The number of hydrogen-bond donors (Lipinski definition) is 2. The standard InChI is InChI=1S/C40H55ClN2O3/c1-35(2)31-14-17-40(7)32(38(31,5)16-15-33(35)44)13-12-28-29-23-37(4,19-18-36(29,3)20-21-39(28,40)6)34(45)42-24-27-22-30(43-46-27)25-8-10-26(41)11-9-25/h8-12,22,29,31-33,44H,13-21,23-24H2,1-7H3,(H,42,45)/t29-,31?,32-,33+,36-,37+,38+,39-,40-/m1/s1. The molecule has 7 rings (SSSR count). The lowest BCUT2D eigenvalue weighted by molar-refractivity contribution is -0.203. The van der Waals surface area contributed by atoms with Gasteiger partial charge in [0.05, 0.1) is 12.6 Å². The number of aliphatic hydroxyl groups is 1. The van der Waals surface area contributed by atoms with Crippen molar-refractivity contribution >= 4 is 17.5 Å². The average Bonchev–Trinajstić information content (AvgIpc) is 3.49. The van der Waals surface area contributed by atoms with Crippen LogP contribution in [0, 0.1) is 50.2 Å². The number of rotatable bonds is 4. The number of aromatic nitrogens is 1. The van der Waals surface area contributed by atoms with E-state index in [1.54, 1.807) is 5.57 Å². The summed E-state index contributed by atoms with van der Waals surface area (Å²) in [4.78, 5) is 14.0. The fraction of sp³-hybridized carbons (Fsp3) is 0.700. The monoisotopic (exact) mass is 646 g/mol. The van der Waals surface area contributed by atoms with E-state index in [0.29, 0.717) is 35.1 Å². The van der Waals surface area contributed by atoms with Crippen LogP contribution in [0.1, 0.15) is 118 Å². The molecule has 5 aliphatic carbocycles. The van der Waals surface area contributed by atoms with E-state index in [9.17, 15) is 9.90 Å². The summed E-state index contributed by atoms with van der Waals surface area (Å²) < 4.78 is 5.61. The quantitative estimate of drug-likeness (QED) is 0.324. The van der Waals surface area contributed by atoms with Crippen molar-refractivity contribution in [2.45, 2.75) is 125 Å². The summed E-state index contributed by atoms with van der Waals surface area (Å²) in [5.41, 5.74) is 3.74. The van der Waals surface area contributed by atoms with Gasteiger partial charge >= 0.3 is 0 Å². The summed E-state index contributed by atoms with van der Waals surface area (Å²) in [5, 5.41) is 19.2. The Morgan fingerprint density at radius 3 is 2.41 bits per heavy atom. The highest BCUT2D eigenvalue weighted by Crippen LogP contribution is 2.75. The van der Waals surface area contributed by atoms with Crippen molar-refractivity contribution in [2.24, 2.45) is 50.2 Å². The van der Waals surface area contributed by atoms with E-state index in [-0.39, 0.29) is 39.1 Å². The van der Waals surface area contributed by atoms with E-state index in [2.05, 4.69) is 65.0 Å². The molecule has 1 heterocycles. The minimum atomic E-state index is -0.423. The third-order valence-electron chi connectivity index (χ3n) is 15.5. The van der Waals surface area contributed by atoms with Gasteiger partial charge < -0.3 is 14.9 Å². The Labute approximate surface area is 281 Å². The van der Waals surface area contributed by atoms with Crippen molar-refractivity contribution in [3.8, 4) is 11.3 Å². The summed E-state index contributed by atoms with van der Waals surface area (Å²) >= 11 is 6.05. The first kappa shape index (κ1) is 32.4. The number of carbonyl (C=O) groups excluding carboxylic acids is 1. The molecule has 0 aliphatic heterocycles. The molecule has 1 aromatic heterocycles. The Balaban J connectivity index is 1.11. The Morgan fingerprint density at radius 2 is 1.67 bits per heavy atom. The molecule has 2 N–H and O–H groups in total. The van der Waals surface area contributed by atoms with E-state index in [1.165, 1.54) is 25.7 Å². The van der Waals surface area contributed by atoms with Crippen molar-refractivity contribution in [3.05, 3.63) is 52.8 Å². The zero-order chi connectivity index (χ0) is 32.9. The molecule has 4 saturated carbocycles. The highest BCUT2D eigenvalue weighted by molar-refractivity contribution is 6.30. The maximum absolute atomic E-state index is 14.0. The SMILES string of the molecule is CC1(C)C2CC[C@]3(C)[C@H](CC=C4[C@H]5C[C@@](C)(C(=O)NCc6cc(-c7ccc(Cl)cc7)no6)CC[C@]5(C)CC[C@]43C)[C@@]2(C)CC[C@@H]1O. The molecule has 0 saturated heterocycles. The number of nitrogens with zero attached hydrogens (tertiary/aromatic N) is 1. The molecule has 0 radical (unpaired) electrons. The van der Waals surface area contributed by atoms with E-state index in [4.69, 9.17) is 16.1 Å². The fourth-order valence-electron chi connectivity index (χ4n) is 12.1. The second kappa shape index (κ2) is 10.7. The lowest BCUT2D eigenvalue weighted by atomic mass is 9.33. The van der Waals surface area contributed by atoms with Crippen LogP contribution in [-0.4, -0.2) is 22.3 Å². The summed E-state index contributed by atoms with van der Waals surface area (Å²) in [6.07, 6.45) is 13.5. The zero-order valence-corrected chi connectivity index (χ0v) is 29.9. The maximum Gasteiger partial charge on any atom is 0.226 e. The van der Waals surface area contributed by atoms with Crippen LogP contribution in [0.3, 0.4) is 0 Å². The van der Waals surface area contributed by atoms with Gasteiger partial charge in [-0.25, -0.2) is 0 Å². The van der Waals surface area contributed by atoms with Crippen molar-refractivity contribution < 1.29 is 14.4 Å². The first-order valence-electron chi connectivity index (χ1n) is 17.9. The topological polar surface area (TPSA) is 75.4 Å². The molecule has 1 aromatic carbocycles. The number of halogens is 1. The molecule has 46 heavy (non-hydrogen) atoms. The number of fused-ring (bicyclic) bond motifs is 7. The number of nitrogens with one attached hydrogen (secondary N) is 1. The molecule has 1 unspecified atom stereocenters. The average molecular weight is 647 g/mol. The van der Waals surface area contributed by atoms with E-state index in [0.717, 1.165) is 49.8 Å². The molecule has 0 spiro atoms. The fourth-order valence-corrected chi connectivity index (χ4v) is 12.2. The van der Waals surface area contributed by atoms with Crippen molar-refractivity contribution in [3.63, 3.8) is 0 Å². The molecule has 1 amide bonds. The van der Waals surface area contributed by atoms with Gasteiger partial charge in [0, 0.05) is 22.1 Å². The second-order valence-corrected chi connectivity index (χ2v) is 18.4. The summed E-state index contributed by atoms with van der Waals surface area (Å²) in [6, 6.07) is 9.45. The van der Waals surface area contributed by atoms with Gasteiger partial charge in [-0.2, -0.15) is 0 Å². The van der Waals surface area contributed by atoms with Crippen molar-refractivity contribution in [2.75, 3.05) is 0 Å². The number of benzene rings is 1. The molecule has 4 fully saturated rings. The molecule has 6 heteroatoms. The number of allylic oxidation sites excluding steroid dienone is 2. The lowest BCUT2D eigenvalue weighted by Gasteiger charge is -2.71. The molecular weight excluding hydrogens is 592 g/mol. The van der Waals surface area contributed by atoms with Gasteiger partial charge in [0.2, 0.25) is 5.91 Å². The minimum absolute atomic E-state index is 0.0357. The van der Waals surface area contributed by atoms with Gasteiger partial charge in [0.15, 0.2) is 5.76 Å². The third kappa shape index (κ3) is 4.64. The first-order valence-corrected chi connectivity index (χ1v) is 18.3. The lowest BCUT2D eigenvalue weighted by Crippen LogP contribution is -2.64. The number of carbonyl (C=O) groups is 1.